The van der Waals surface area contributed by atoms with Gasteiger partial charge in [-0.1, -0.05) is 12.1 Å². The zero-order valence-corrected chi connectivity index (χ0v) is 11.0. The topological polar surface area (TPSA) is 83.5 Å². The molecule has 0 aliphatic heterocycles. The van der Waals surface area contributed by atoms with Gasteiger partial charge < -0.3 is 10.4 Å². The number of carbonyl (C=O) groups is 2. The molecule has 2 unspecified atom stereocenters. The Morgan fingerprint density at radius 2 is 2.00 bits per heavy atom. The molecular weight excluding hydrogens is 254 g/mol. The number of carbonyl (C=O) groups excluding carboxylic acids is 1. The van der Waals surface area contributed by atoms with Crippen molar-refractivity contribution in [3.8, 4) is 0 Å². The van der Waals surface area contributed by atoms with Gasteiger partial charge in [-0.3, -0.25) is 9.00 Å². The summed E-state index contributed by atoms with van der Waals surface area (Å²) >= 11 is 0. The highest BCUT2D eigenvalue weighted by atomic mass is 32.2. The molecule has 2 atom stereocenters. The third-order valence-electron chi connectivity index (χ3n) is 2.38. The third-order valence-corrected chi connectivity index (χ3v) is 4.02. The van der Waals surface area contributed by atoms with Crippen LogP contribution in [0.1, 0.15) is 24.2 Å². The number of nitrogens with one attached hydrogen (secondary N) is 1. The van der Waals surface area contributed by atoms with Crippen molar-refractivity contribution in [2.75, 3.05) is 6.54 Å². The zero-order valence-electron chi connectivity index (χ0n) is 10.2. The predicted octanol–water partition coefficient (Wildman–Crippen LogP) is 1.02. The maximum absolute atomic E-state index is 12.2. The molecule has 0 bridgehead atoms. The van der Waals surface area contributed by atoms with Crippen molar-refractivity contribution in [1.29, 1.82) is 0 Å². The van der Waals surface area contributed by atoms with Crippen molar-refractivity contribution < 1.29 is 18.9 Å². The molecule has 0 radical (unpaired) electrons. The molecule has 0 saturated carbocycles. The van der Waals surface area contributed by atoms with Crippen molar-refractivity contribution in [2.24, 2.45) is 0 Å². The standard InChI is InChI=1S/C12H15NO4S/c1-3-13-11(14)8(2)18(17)10-7-5-4-6-9(10)12(15)16/h4-8H,3H2,1-2H3,(H,13,14)(H,15,16). The fourth-order valence-corrected chi connectivity index (χ4v) is 2.67. The van der Waals surface area contributed by atoms with Crippen molar-refractivity contribution >= 4 is 22.7 Å². The molecule has 0 aromatic heterocycles. The Bertz CT molecular complexity index is 487. The Kier molecular flexibility index (Phi) is 5.03. The van der Waals surface area contributed by atoms with Crippen LogP contribution in [0.25, 0.3) is 0 Å². The highest BCUT2D eigenvalue weighted by molar-refractivity contribution is 7.86. The van der Waals surface area contributed by atoms with Gasteiger partial charge >= 0.3 is 5.97 Å². The van der Waals surface area contributed by atoms with Crippen LogP contribution in [0.15, 0.2) is 29.2 Å². The minimum atomic E-state index is -1.68. The molecule has 2 N–H and O–H groups in total. The number of amides is 1. The average Bonchev–Trinajstić information content (AvgIpc) is 2.37. The van der Waals surface area contributed by atoms with Crippen molar-refractivity contribution in [3.63, 3.8) is 0 Å². The Balaban J connectivity index is 3.04. The van der Waals surface area contributed by atoms with Crippen LogP contribution in [0.3, 0.4) is 0 Å². The Labute approximate surface area is 108 Å². The molecule has 98 valence electrons. The van der Waals surface area contributed by atoms with Crippen LogP contribution in [0.2, 0.25) is 0 Å². The van der Waals surface area contributed by atoms with Crippen molar-refractivity contribution in [3.05, 3.63) is 29.8 Å². The van der Waals surface area contributed by atoms with Crippen LogP contribution >= 0.6 is 0 Å². The van der Waals surface area contributed by atoms with E-state index in [4.69, 9.17) is 5.11 Å². The number of carboxylic acid groups (broad SMARTS) is 1. The quantitative estimate of drug-likeness (QED) is 0.836. The predicted molar refractivity (Wildman–Crippen MR) is 68.0 cm³/mol. The fourth-order valence-electron chi connectivity index (χ4n) is 1.42. The molecule has 1 rings (SSSR count). The highest BCUT2D eigenvalue weighted by Gasteiger charge is 2.24. The maximum atomic E-state index is 12.2. The van der Waals surface area contributed by atoms with Crippen molar-refractivity contribution in [2.45, 2.75) is 24.0 Å². The summed E-state index contributed by atoms with van der Waals surface area (Å²) in [4.78, 5) is 22.8. The van der Waals surface area contributed by atoms with Crippen LogP contribution in [-0.2, 0) is 15.6 Å². The third kappa shape index (κ3) is 3.16. The molecular formula is C12H15NO4S. The van der Waals surface area contributed by atoms with Crippen molar-refractivity contribution in [1.82, 2.24) is 5.32 Å². The smallest absolute Gasteiger partial charge is 0.336 e. The molecule has 1 amide bonds. The molecule has 6 heteroatoms. The van der Waals surface area contributed by atoms with Gasteiger partial charge in [0.05, 0.1) is 21.3 Å². The van der Waals surface area contributed by atoms with Gasteiger partial charge in [0, 0.05) is 6.54 Å². The average molecular weight is 269 g/mol. The normalized spacial score (nSPS) is 13.7. The Hall–Kier alpha value is -1.69. The minimum Gasteiger partial charge on any atom is -0.478 e. The summed E-state index contributed by atoms with van der Waals surface area (Å²) in [7, 11) is -1.68. The first-order valence-corrected chi connectivity index (χ1v) is 6.71. The lowest BCUT2D eigenvalue weighted by Gasteiger charge is -2.12. The van der Waals surface area contributed by atoms with Crippen LogP contribution < -0.4 is 5.32 Å². The van der Waals surface area contributed by atoms with Gasteiger partial charge in [-0.15, -0.1) is 0 Å². The number of hydrogen-bond donors (Lipinski definition) is 2. The van der Waals surface area contributed by atoms with E-state index in [1.54, 1.807) is 19.1 Å². The first kappa shape index (κ1) is 14.4. The Morgan fingerprint density at radius 3 is 2.56 bits per heavy atom. The van der Waals surface area contributed by atoms with Gasteiger partial charge in [0.15, 0.2) is 0 Å². The first-order chi connectivity index (χ1) is 8.49. The second-order valence-corrected chi connectivity index (χ2v) is 5.38. The van der Waals surface area contributed by atoms with E-state index >= 15 is 0 Å². The highest BCUT2D eigenvalue weighted by Crippen LogP contribution is 2.17. The van der Waals surface area contributed by atoms with E-state index < -0.39 is 22.0 Å². The largest absolute Gasteiger partial charge is 0.478 e. The summed E-state index contributed by atoms with van der Waals surface area (Å²) in [5.41, 5.74) is -0.0352. The molecule has 0 spiro atoms. The van der Waals surface area contributed by atoms with Crippen LogP contribution in [-0.4, -0.2) is 33.0 Å². The number of rotatable bonds is 5. The summed E-state index contributed by atoms with van der Waals surface area (Å²) in [5.74, 6) is -1.50. The van der Waals surface area contributed by atoms with Gasteiger partial charge in [0.25, 0.3) is 0 Å². The van der Waals surface area contributed by atoms with Gasteiger partial charge in [0.1, 0.15) is 5.25 Å². The van der Waals surface area contributed by atoms with Gasteiger partial charge in [0.2, 0.25) is 5.91 Å². The van der Waals surface area contributed by atoms with Gasteiger partial charge in [-0.05, 0) is 26.0 Å². The summed E-state index contributed by atoms with van der Waals surface area (Å²) in [6.45, 7) is 3.72. The molecule has 0 heterocycles. The molecule has 0 saturated heterocycles. The number of hydrogen-bond acceptors (Lipinski definition) is 3. The first-order valence-electron chi connectivity index (χ1n) is 5.49. The molecule has 0 aliphatic rings. The summed E-state index contributed by atoms with van der Waals surface area (Å²) < 4.78 is 12.2. The molecule has 5 nitrogen and oxygen atoms in total. The van der Waals surface area contributed by atoms with E-state index in [9.17, 15) is 13.8 Å². The fraction of sp³-hybridized carbons (Fsp3) is 0.333. The lowest BCUT2D eigenvalue weighted by molar-refractivity contribution is -0.120. The van der Waals surface area contributed by atoms with Gasteiger partial charge in [-0.2, -0.15) is 0 Å². The monoisotopic (exact) mass is 269 g/mol. The van der Waals surface area contributed by atoms with E-state index in [1.165, 1.54) is 19.1 Å². The van der Waals surface area contributed by atoms with E-state index in [0.717, 1.165) is 0 Å². The van der Waals surface area contributed by atoms with E-state index in [0.29, 0.717) is 6.54 Å². The minimum absolute atomic E-state index is 0.0352. The van der Waals surface area contributed by atoms with E-state index in [-0.39, 0.29) is 16.4 Å². The Morgan fingerprint density at radius 1 is 1.39 bits per heavy atom. The second-order valence-electron chi connectivity index (χ2n) is 3.64. The SMILES string of the molecule is CCNC(=O)C(C)S(=O)c1ccccc1C(=O)O. The van der Waals surface area contributed by atoms with Crippen LogP contribution in [0.5, 0.6) is 0 Å². The van der Waals surface area contributed by atoms with Crippen LogP contribution in [0.4, 0.5) is 0 Å². The van der Waals surface area contributed by atoms with E-state index in [2.05, 4.69) is 5.32 Å². The summed E-state index contributed by atoms with van der Waals surface area (Å²) in [5, 5.41) is 10.8. The maximum Gasteiger partial charge on any atom is 0.336 e. The van der Waals surface area contributed by atoms with Gasteiger partial charge in [-0.25, -0.2) is 4.79 Å². The molecule has 1 aromatic rings. The van der Waals surface area contributed by atoms with Crippen LogP contribution in [0, 0.1) is 0 Å². The number of aromatic carboxylic acids is 1. The summed E-state index contributed by atoms with van der Waals surface area (Å²) in [6, 6.07) is 6.00. The molecule has 1 aromatic carbocycles. The molecule has 18 heavy (non-hydrogen) atoms. The lowest BCUT2D eigenvalue weighted by atomic mass is 10.2. The molecule has 0 fully saturated rings. The number of benzene rings is 1. The van der Waals surface area contributed by atoms with E-state index in [1.807, 2.05) is 0 Å². The second kappa shape index (κ2) is 6.30. The zero-order chi connectivity index (χ0) is 13.7. The lowest BCUT2D eigenvalue weighted by Crippen LogP contribution is -2.35. The molecule has 0 aliphatic carbocycles. The summed E-state index contributed by atoms with van der Waals surface area (Å²) in [6.07, 6.45) is 0. The number of carboxylic acids is 1.